The van der Waals surface area contributed by atoms with Crippen molar-refractivity contribution in [2.45, 2.75) is 6.18 Å². The van der Waals surface area contributed by atoms with Crippen molar-refractivity contribution in [2.24, 2.45) is 0 Å². The molecule has 9 heteroatoms. The number of pyridine rings is 1. The van der Waals surface area contributed by atoms with Gasteiger partial charge in [-0.2, -0.15) is 18.4 Å². The van der Waals surface area contributed by atoms with E-state index in [1.807, 2.05) is 168 Å². The monoisotopic (exact) mass is 884 g/mol. The number of halogens is 3. The van der Waals surface area contributed by atoms with Gasteiger partial charge in [-0.15, -0.1) is 0 Å². The summed E-state index contributed by atoms with van der Waals surface area (Å²) in [4.78, 5) is 14.7. The molecule has 0 aliphatic heterocycles. The minimum absolute atomic E-state index is 0.328. The van der Waals surface area contributed by atoms with Crippen LogP contribution in [0.2, 0.25) is 0 Å². The first-order valence-corrected chi connectivity index (χ1v) is 22.1. The van der Waals surface area contributed by atoms with Gasteiger partial charge in [0.25, 0.3) is 0 Å². The summed E-state index contributed by atoms with van der Waals surface area (Å²) in [5.41, 5.74) is 10.6. The number of nitriles is 1. The number of hydrogen-bond acceptors (Lipinski definition) is 4. The molecule has 0 radical (unpaired) electrons. The lowest BCUT2D eigenvalue weighted by Crippen LogP contribution is -2.06. The van der Waals surface area contributed by atoms with Crippen LogP contribution < -0.4 is 0 Å². The molecule has 0 aliphatic carbocycles. The summed E-state index contributed by atoms with van der Waals surface area (Å²) in [6.07, 6.45) is -2.86. The molecule has 322 valence electrons. The zero-order chi connectivity index (χ0) is 45.9. The Morgan fingerprint density at radius 1 is 0.412 bits per heavy atom. The molecule has 12 rings (SSSR count). The SMILES string of the molecule is N#Cc1cc(-n2c3ccccc3c3ccc(-c4nccc(-c5ccccc5)n4)cc32)c(-c2cccc(C(F)(F)F)c2)cc1-n1c2ccccc2c2ccc(-c3cccc(-c4ccccc4)n3)cc21. The smallest absolute Gasteiger partial charge is 0.309 e. The van der Waals surface area contributed by atoms with Crippen LogP contribution in [0.5, 0.6) is 0 Å². The van der Waals surface area contributed by atoms with E-state index in [2.05, 4.69) is 33.8 Å². The first-order valence-electron chi connectivity index (χ1n) is 22.1. The highest BCUT2D eigenvalue weighted by Crippen LogP contribution is 2.43. The van der Waals surface area contributed by atoms with Crippen LogP contribution >= 0.6 is 0 Å². The Bertz CT molecular complexity index is 3980. The highest BCUT2D eigenvalue weighted by atomic mass is 19.4. The van der Waals surface area contributed by atoms with Gasteiger partial charge in [0.1, 0.15) is 6.07 Å². The topological polar surface area (TPSA) is 72.3 Å². The van der Waals surface area contributed by atoms with Crippen LogP contribution in [0.4, 0.5) is 13.2 Å². The summed E-state index contributed by atoms with van der Waals surface area (Å²) >= 11 is 0. The van der Waals surface area contributed by atoms with Gasteiger partial charge < -0.3 is 9.13 Å². The number of hydrogen-bond donors (Lipinski definition) is 0. The van der Waals surface area contributed by atoms with Crippen LogP contribution in [0.25, 0.3) is 111 Å². The van der Waals surface area contributed by atoms with Gasteiger partial charge in [-0.25, -0.2) is 15.0 Å². The lowest BCUT2D eigenvalue weighted by atomic mass is 9.97. The number of benzene rings is 8. The van der Waals surface area contributed by atoms with Crippen LogP contribution in [0, 0.1) is 11.3 Å². The highest BCUT2D eigenvalue weighted by molar-refractivity contribution is 6.12. The maximum atomic E-state index is 14.6. The largest absolute Gasteiger partial charge is 0.416 e. The predicted octanol–water partition coefficient (Wildman–Crippen LogP) is 15.3. The van der Waals surface area contributed by atoms with E-state index in [1.54, 1.807) is 12.3 Å². The van der Waals surface area contributed by atoms with E-state index < -0.39 is 11.7 Å². The molecule has 6 nitrogen and oxygen atoms in total. The van der Waals surface area contributed by atoms with Gasteiger partial charge in [-0.3, -0.25) is 0 Å². The van der Waals surface area contributed by atoms with Crippen molar-refractivity contribution in [3.05, 3.63) is 224 Å². The van der Waals surface area contributed by atoms with Crippen LogP contribution in [-0.2, 0) is 6.18 Å². The highest BCUT2D eigenvalue weighted by Gasteiger charge is 2.31. The number of nitrogens with zero attached hydrogens (tertiary/aromatic N) is 6. The Morgan fingerprint density at radius 3 is 1.59 bits per heavy atom. The maximum Gasteiger partial charge on any atom is 0.416 e. The standard InChI is InChI=1S/C59H35F3N6/c60-59(61,62)43-18-11-17-39(31-43)48-35-54(67-52-23-9-7-19-44(52)46-27-25-40(32-55(46)67)50-22-12-21-49(65-50)37-13-3-1-4-14-37)42(36-63)34-57(48)68-53-24-10-8-20-45(53)47-28-26-41(33-56(47)68)58-64-30-29-51(66-58)38-15-5-2-6-16-38/h1-35H. The van der Waals surface area contributed by atoms with Crippen LogP contribution in [0.15, 0.2) is 212 Å². The molecule has 0 spiro atoms. The lowest BCUT2D eigenvalue weighted by molar-refractivity contribution is -0.137. The third-order valence-corrected chi connectivity index (χ3v) is 12.7. The lowest BCUT2D eigenvalue weighted by Gasteiger charge is -2.19. The summed E-state index contributed by atoms with van der Waals surface area (Å²) in [7, 11) is 0. The summed E-state index contributed by atoms with van der Waals surface area (Å²) in [5, 5.41) is 15.0. The third-order valence-electron chi connectivity index (χ3n) is 12.7. The van der Waals surface area contributed by atoms with Crippen molar-refractivity contribution in [1.29, 1.82) is 5.26 Å². The first-order chi connectivity index (χ1) is 33.3. The molecule has 4 aromatic heterocycles. The second-order valence-corrected chi connectivity index (χ2v) is 16.7. The fourth-order valence-electron chi connectivity index (χ4n) is 9.52. The predicted molar refractivity (Wildman–Crippen MR) is 265 cm³/mol. The van der Waals surface area contributed by atoms with Crippen molar-refractivity contribution in [3.8, 4) is 73.7 Å². The molecule has 0 aliphatic rings. The molecule has 0 amide bonds. The van der Waals surface area contributed by atoms with Crippen molar-refractivity contribution in [3.63, 3.8) is 0 Å². The van der Waals surface area contributed by atoms with E-state index in [1.165, 1.54) is 12.1 Å². The molecule has 0 fully saturated rings. The van der Waals surface area contributed by atoms with Gasteiger partial charge in [0.05, 0.1) is 61.7 Å². The molecular formula is C59H35F3N6. The molecule has 68 heavy (non-hydrogen) atoms. The molecule has 0 saturated carbocycles. The summed E-state index contributed by atoms with van der Waals surface area (Å²) < 4.78 is 47.9. The van der Waals surface area contributed by atoms with Crippen molar-refractivity contribution >= 4 is 43.6 Å². The van der Waals surface area contributed by atoms with Crippen LogP contribution in [0.3, 0.4) is 0 Å². The molecule has 8 aromatic carbocycles. The number of alkyl halides is 3. The van der Waals surface area contributed by atoms with E-state index in [9.17, 15) is 18.4 Å². The van der Waals surface area contributed by atoms with Gasteiger partial charge in [-0.05, 0) is 72.3 Å². The molecular weight excluding hydrogens is 850 g/mol. The number of rotatable bonds is 7. The average molecular weight is 885 g/mol. The quantitative estimate of drug-likeness (QED) is 0.160. The van der Waals surface area contributed by atoms with Gasteiger partial charge in [0.2, 0.25) is 0 Å². The third kappa shape index (κ3) is 6.86. The zero-order valence-electron chi connectivity index (χ0n) is 36.0. The number of aromatic nitrogens is 5. The molecule has 0 bridgehead atoms. The number of fused-ring (bicyclic) bond motifs is 6. The van der Waals surface area contributed by atoms with Crippen molar-refractivity contribution in [1.82, 2.24) is 24.1 Å². The van der Waals surface area contributed by atoms with E-state index >= 15 is 0 Å². The van der Waals surface area contributed by atoms with E-state index in [0.29, 0.717) is 33.9 Å². The van der Waals surface area contributed by atoms with Crippen molar-refractivity contribution in [2.75, 3.05) is 0 Å². The average Bonchev–Trinajstić information content (AvgIpc) is 3.90. The fraction of sp³-hybridized carbons (Fsp3) is 0.0169. The maximum absolute atomic E-state index is 14.6. The minimum Gasteiger partial charge on any atom is -0.309 e. The Kier molecular flexibility index (Phi) is 9.55. The molecule has 0 atom stereocenters. The second-order valence-electron chi connectivity index (χ2n) is 16.7. The van der Waals surface area contributed by atoms with E-state index in [4.69, 9.17) is 9.97 Å². The van der Waals surface area contributed by atoms with E-state index in [0.717, 1.165) is 89.0 Å². The minimum atomic E-state index is -4.60. The summed E-state index contributed by atoms with van der Waals surface area (Å²) in [6.45, 7) is 0. The molecule has 0 N–H and O–H groups in total. The molecule has 0 unspecified atom stereocenters. The fourth-order valence-corrected chi connectivity index (χ4v) is 9.52. The van der Waals surface area contributed by atoms with Gasteiger partial charge in [-0.1, -0.05) is 140 Å². The molecule has 12 aromatic rings. The van der Waals surface area contributed by atoms with Crippen LogP contribution in [0.1, 0.15) is 11.1 Å². The van der Waals surface area contributed by atoms with Crippen molar-refractivity contribution < 1.29 is 13.2 Å². The Morgan fingerprint density at radius 2 is 0.941 bits per heavy atom. The zero-order valence-corrected chi connectivity index (χ0v) is 36.0. The molecule has 0 saturated heterocycles. The Hall–Kier alpha value is -9.13. The van der Waals surface area contributed by atoms with Gasteiger partial charge >= 0.3 is 6.18 Å². The van der Waals surface area contributed by atoms with Gasteiger partial charge in [0, 0.05) is 55.6 Å². The Balaban J connectivity index is 1.12. The normalized spacial score (nSPS) is 11.7. The van der Waals surface area contributed by atoms with E-state index in [-0.39, 0.29) is 0 Å². The number of para-hydroxylation sites is 2. The summed E-state index contributed by atoms with van der Waals surface area (Å²) in [6, 6.07) is 67.5. The van der Waals surface area contributed by atoms with Gasteiger partial charge in [0.15, 0.2) is 5.82 Å². The summed E-state index contributed by atoms with van der Waals surface area (Å²) in [5.74, 6) is 0.518. The van der Waals surface area contributed by atoms with Crippen LogP contribution in [-0.4, -0.2) is 24.1 Å². The first kappa shape index (κ1) is 40.4. The second kappa shape index (κ2) is 16.1. The Labute approximate surface area is 388 Å². The molecule has 4 heterocycles.